The van der Waals surface area contributed by atoms with E-state index in [1.54, 1.807) is 13.8 Å². The molecule has 0 saturated carbocycles. The summed E-state index contributed by atoms with van der Waals surface area (Å²) >= 11 is 0. The van der Waals surface area contributed by atoms with Gasteiger partial charge in [0.15, 0.2) is 0 Å². The quantitative estimate of drug-likeness (QED) is 0.192. The molecule has 0 aromatic rings. The van der Waals surface area contributed by atoms with Crippen molar-refractivity contribution in [1.29, 1.82) is 0 Å². The van der Waals surface area contributed by atoms with Crippen LogP contribution in [-0.2, 0) is 19.2 Å². The lowest BCUT2D eigenvalue weighted by atomic mass is 9.88. The summed E-state index contributed by atoms with van der Waals surface area (Å²) in [5, 5.41) is 25.4. The number of unbranched alkanes of at least 4 members (excludes halogenated alkanes) is 1. The fourth-order valence-electron chi connectivity index (χ4n) is 2.17. The van der Waals surface area contributed by atoms with E-state index < -0.39 is 17.4 Å². The van der Waals surface area contributed by atoms with E-state index in [1.165, 1.54) is 0 Å². The smallest absolute Gasteiger partial charge is 0.242 e. The minimum atomic E-state index is -0.823. The molecule has 0 aromatic heterocycles. The molecule has 0 aliphatic carbocycles. The number of amides is 3. The molecule has 0 spiro atoms. The number of rotatable bonds is 14. The van der Waals surface area contributed by atoms with Gasteiger partial charge in [-0.25, -0.2) is 0 Å². The average molecular weight is 373 g/mol. The van der Waals surface area contributed by atoms with Crippen molar-refractivity contribution in [1.82, 2.24) is 16.0 Å². The van der Waals surface area contributed by atoms with Gasteiger partial charge in [0.05, 0.1) is 13.2 Å². The lowest BCUT2D eigenvalue weighted by Crippen LogP contribution is -2.50. The van der Waals surface area contributed by atoms with Crippen LogP contribution in [0.5, 0.6) is 0 Å². The Morgan fingerprint density at radius 3 is 2.35 bits per heavy atom. The van der Waals surface area contributed by atoms with Crippen molar-refractivity contribution in [2.45, 2.75) is 52.0 Å². The molecule has 5 N–H and O–H groups in total. The molecule has 0 heterocycles. The predicted molar refractivity (Wildman–Crippen MR) is 95.1 cm³/mol. The molecule has 1 unspecified atom stereocenters. The number of aldehydes is 1. The highest BCUT2D eigenvalue weighted by Gasteiger charge is 2.30. The van der Waals surface area contributed by atoms with Gasteiger partial charge >= 0.3 is 0 Å². The summed E-state index contributed by atoms with van der Waals surface area (Å²) in [6.07, 6.45) is 2.39. The number of hydrogen-bond donors (Lipinski definition) is 5. The van der Waals surface area contributed by atoms with Gasteiger partial charge in [-0.3, -0.25) is 14.4 Å². The third-order valence-electron chi connectivity index (χ3n) is 3.91. The van der Waals surface area contributed by atoms with Crippen LogP contribution < -0.4 is 16.0 Å². The topological polar surface area (TPSA) is 145 Å². The summed E-state index contributed by atoms with van der Waals surface area (Å²) in [7, 11) is 0. The standard InChI is InChI=1S/C17H31N3O6/c1-17(2,7-11-22)16(26)20-13(15(25)19-9-12-23)5-3-4-8-18-14(24)6-10-21/h12-13,21-22H,3-11H2,1-2H3,(H,18,24)(H,19,25)(H,20,26). The molecular formula is C17H31N3O6. The van der Waals surface area contributed by atoms with Crippen molar-refractivity contribution in [3.05, 3.63) is 0 Å². The number of nitrogens with one attached hydrogen (secondary N) is 3. The molecule has 26 heavy (non-hydrogen) atoms. The Kier molecular flexibility index (Phi) is 12.2. The Labute approximate surface area is 153 Å². The fraction of sp³-hybridized carbons (Fsp3) is 0.765. The first-order chi connectivity index (χ1) is 12.3. The van der Waals surface area contributed by atoms with Gasteiger partial charge in [0.2, 0.25) is 17.7 Å². The minimum Gasteiger partial charge on any atom is -0.396 e. The zero-order valence-corrected chi connectivity index (χ0v) is 15.5. The third-order valence-corrected chi connectivity index (χ3v) is 3.91. The summed E-state index contributed by atoms with van der Waals surface area (Å²) < 4.78 is 0. The van der Waals surface area contributed by atoms with Crippen LogP contribution in [0.3, 0.4) is 0 Å². The summed E-state index contributed by atoms with van der Waals surface area (Å²) in [5.41, 5.74) is -0.823. The van der Waals surface area contributed by atoms with Crippen LogP contribution in [0.1, 0.15) is 46.0 Å². The zero-order chi connectivity index (χ0) is 20.0. The van der Waals surface area contributed by atoms with Crippen molar-refractivity contribution in [2.75, 3.05) is 26.3 Å². The molecule has 1 atom stereocenters. The van der Waals surface area contributed by atoms with Crippen LogP contribution >= 0.6 is 0 Å². The highest BCUT2D eigenvalue weighted by atomic mass is 16.3. The van der Waals surface area contributed by atoms with Gasteiger partial charge in [0.25, 0.3) is 0 Å². The van der Waals surface area contributed by atoms with Crippen molar-refractivity contribution in [3.8, 4) is 0 Å². The van der Waals surface area contributed by atoms with Gasteiger partial charge in [-0.15, -0.1) is 0 Å². The predicted octanol–water partition coefficient (Wildman–Crippen LogP) is -1.14. The van der Waals surface area contributed by atoms with Crippen LogP contribution in [-0.4, -0.2) is 66.6 Å². The van der Waals surface area contributed by atoms with E-state index in [4.69, 9.17) is 10.2 Å². The maximum atomic E-state index is 12.3. The van der Waals surface area contributed by atoms with Gasteiger partial charge in [-0.05, 0) is 25.7 Å². The second-order valence-corrected chi connectivity index (χ2v) is 6.61. The van der Waals surface area contributed by atoms with Crippen LogP contribution in [0.15, 0.2) is 0 Å². The number of carbonyl (C=O) groups is 4. The molecule has 0 rings (SSSR count). The van der Waals surface area contributed by atoms with Gasteiger partial charge < -0.3 is 31.0 Å². The minimum absolute atomic E-state index is 0.0483. The van der Waals surface area contributed by atoms with E-state index in [0.29, 0.717) is 32.1 Å². The number of aliphatic hydroxyl groups excluding tert-OH is 2. The highest BCUT2D eigenvalue weighted by Crippen LogP contribution is 2.20. The summed E-state index contributed by atoms with van der Waals surface area (Å²) in [6.45, 7) is 3.27. The summed E-state index contributed by atoms with van der Waals surface area (Å²) in [6, 6.07) is -0.798. The highest BCUT2D eigenvalue weighted by molar-refractivity contribution is 5.90. The number of carbonyl (C=O) groups excluding carboxylic acids is 4. The fourth-order valence-corrected chi connectivity index (χ4v) is 2.17. The summed E-state index contributed by atoms with van der Waals surface area (Å²) in [5.74, 6) is -1.05. The second kappa shape index (κ2) is 13.2. The van der Waals surface area contributed by atoms with Crippen LogP contribution in [0, 0.1) is 5.41 Å². The SMILES string of the molecule is CC(C)(CCO)C(=O)NC(CCCCNC(=O)CCO)C(=O)NCC=O. The molecule has 0 saturated heterocycles. The normalized spacial score (nSPS) is 12.2. The van der Waals surface area contributed by atoms with Gasteiger partial charge in [-0.1, -0.05) is 13.8 Å². The lowest BCUT2D eigenvalue weighted by molar-refractivity contribution is -0.134. The number of aliphatic hydroxyl groups is 2. The molecule has 9 nitrogen and oxygen atoms in total. The van der Waals surface area contributed by atoms with Crippen molar-refractivity contribution in [2.24, 2.45) is 5.41 Å². The van der Waals surface area contributed by atoms with E-state index >= 15 is 0 Å². The molecule has 0 aliphatic rings. The first kappa shape index (κ1) is 24.0. The second-order valence-electron chi connectivity index (χ2n) is 6.61. The molecule has 0 fully saturated rings. The Hall–Kier alpha value is -2.00. The van der Waals surface area contributed by atoms with E-state index in [9.17, 15) is 19.2 Å². The van der Waals surface area contributed by atoms with Gasteiger partial charge in [0, 0.05) is 25.0 Å². The zero-order valence-electron chi connectivity index (χ0n) is 15.5. The first-order valence-corrected chi connectivity index (χ1v) is 8.79. The van der Waals surface area contributed by atoms with Crippen molar-refractivity contribution < 1.29 is 29.4 Å². The van der Waals surface area contributed by atoms with E-state index in [1.807, 2.05) is 0 Å². The molecular weight excluding hydrogens is 342 g/mol. The van der Waals surface area contributed by atoms with E-state index in [2.05, 4.69) is 16.0 Å². The Bertz CT molecular complexity index is 467. The van der Waals surface area contributed by atoms with Crippen molar-refractivity contribution >= 4 is 24.0 Å². The molecule has 0 radical (unpaired) electrons. The maximum Gasteiger partial charge on any atom is 0.242 e. The van der Waals surface area contributed by atoms with E-state index in [-0.39, 0.29) is 44.4 Å². The largest absolute Gasteiger partial charge is 0.396 e. The molecule has 0 bridgehead atoms. The Morgan fingerprint density at radius 1 is 1.08 bits per heavy atom. The van der Waals surface area contributed by atoms with Crippen molar-refractivity contribution in [3.63, 3.8) is 0 Å². The Morgan fingerprint density at radius 2 is 1.77 bits per heavy atom. The molecule has 9 heteroatoms. The van der Waals surface area contributed by atoms with Crippen LogP contribution in [0.2, 0.25) is 0 Å². The monoisotopic (exact) mass is 373 g/mol. The van der Waals surface area contributed by atoms with Gasteiger partial charge in [0.1, 0.15) is 12.3 Å². The third kappa shape index (κ3) is 10.1. The molecule has 0 aliphatic heterocycles. The van der Waals surface area contributed by atoms with Gasteiger partial charge in [-0.2, -0.15) is 0 Å². The molecule has 0 aromatic carbocycles. The average Bonchev–Trinajstić information content (AvgIpc) is 2.58. The maximum absolute atomic E-state index is 12.3. The van der Waals surface area contributed by atoms with Crippen LogP contribution in [0.4, 0.5) is 0 Å². The van der Waals surface area contributed by atoms with E-state index in [0.717, 1.165) is 0 Å². The van der Waals surface area contributed by atoms with Crippen LogP contribution in [0.25, 0.3) is 0 Å². The lowest BCUT2D eigenvalue weighted by Gasteiger charge is -2.26. The number of hydrogen-bond acceptors (Lipinski definition) is 6. The summed E-state index contributed by atoms with van der Waals surface area (Å²) in [4.78, 5) is 46.2. The first-order valence-electron chi connectivity index (χ1n) is 8.79. The molecule has 150 valence electrons. The Balaban J connectivity index is 4.56. The molecule has 3 amide bonds.